The van der Waals surface area contributed by atoms with Gasteiger partial charge in [-0.15, -0.1) is 11.6 Å². The molecule has 0 N–H and O–H groups in total. The zero-order valence-electron chi connectivity index (χ0n) is 13.0. The van der Waals surface area contributed by atoms with Gasteiger partial charge in [0.25, 0.3) is 0 Å². The molecule has 1 heterocycles. The van der Waals surface area contributed by atoms with Crippen LogP contribution in [0.25, 0.3) is 0 Å². The van der Waals surface area contributed by atoms with E-state index in [-0.39, 0.29) is 30.5 Å². The molecule has 0 spiro atoms. The summed E-state index contributed by atoms with van der Waals surface area (Å²) in [4.78, 5) is 27.8. The van der Waals surface area contributed by atoms with Crippen molar-refractivity contribution in [1.29, 1.82) is 0 Å². The van der Waals surface area contributed by atoms with Crippen LogP contribution in [-0.2, 0) is 16.1 Å². The molecule has 1 saturated heterocycles. The van der Waals surface area contributed by atoms with Gasteiger partial charge in [-0.05, 0) is 24.8 Å². The van der Waals surface area contributed by atoms with Crippen LogP contribution >= 0.6 is 11.6 Å². The van der Waals surface area contributed by atoms with E-state index in [2.05, 4.69) is 0 Å². The number of hydrogen-bond acceptors (Lipinski definition) is 3. The van der Waals surface area contributed by atoms with Gasteiger partial charge in [-0.3, -0.25) is 4.79 Å². The molecule has 2 aliphatic rings. The van der Waals surface area contributed by atoms with Crippen LogP contribution in [0.5, 0.6) is 0 Å². The lowest BCUT2D eigenvalue weighted by Crippen LogP contribution is -2.44. The van der Waals surface area contributed by atoms with Crippen LogP contribution in [0.15, 0.2) is 30.3 Å². The molecule has 2 amide bonds. The molecule has 0 unspecified atom stereocenters. The van der Waals surface area contributed by atoms with Gasteiger partial charge in [-0.1, -0.05) is 30.3 Å². The monoisotopic (exact) mass is 336 g/mol. The van der Waals surface area contributed by atoms with Gasteiger partial charge >= 0.3 is 6.09 Å². The second-order valence-corrected chi connectivity index (χ2v) is 6.36. The van der Waals surface area contributed by atoms with Crippen LogP contribution in [-0.4, -0.2) is 52.9 Å². The van der Waals surface area contributed by atoms with Crippen LogP contribution in [0.4, 0.5) is 4.79 Å². The number of halogens is 1. The molecule has 5 nitrogen and oxygen atoms in total. The third kappa shape index (κ3) is 3.96. The van der Waals surface area contributed by atoms with E-state index < -0.39 is 0 Å². The first-order valence-electron chi connectivity index (χ1n) is 8.02. The van der Waals surface area contributed by atoms with Crippen molar-refractivity contribution in [3.05, 3.63) is 35.9 Å². The van der Waals surface area contributed by atoms with Gasteiger partial charge in [0.15, 0.2) is 0 Å². The van der Waals surface area contributed by atoms with Gasteiger partial charge in [0, 0.05) is 19.1 Å². The molecule has 1 atom stereocenters. The largest absolute Gasteiger partial charge is 0.445 e. The van der Waals surface area contributed by atoms with Gasteiger partial charge in [0.2, 0.25) is 5.91 Å². The number of nitrogens with zero attached hydrogens (tertiary/aromatic N) is 2. The Kier molecular flexibility index (Phi) is 5.06. The molecule has 1 aliphatic carbocycles. The molecule has 1 saturated carbocycles. The maximum atomic E-state index is 12.2. The fourth-order valence-corrected chi connectivity index (χ4v) is 3.21. The minimum Gasteiger partial charge on any atom is -0.445 e. The first kappa shape index (κ1) is 16.1. The topological polar surface area (TPSA) is 49.9 Å². The highest BCUT2D eigenvalue weighted by molar-refractivity contribution is 6.27. The number of ether oxygens (including phenoxy) is 1. The highest BCUT2D eigenvalue weighted by atomic mass is 35.5. The van der Waals surface area contributed by atoms with Gasteiger partial charge in [-0.2, -0.15) is 0 Å². The summed E-state index contributed by atoms with van der Waals surface area (Å²) in [5.74, 6) is -0.0236. The minimum absolute atomic E-state index is 0.00541. The summed E-state index contributed by atoms with van der Waals surface area (Å²) >= 11 is 5.72. The SMILES string of the molecule is O=C(OCc1ccccc1)N1CC[C@H](N(C(=O)CCl)C2CC2)C1. The highest BCUT2D eigenvalue weighted by Crippen LogP contribution is 2.32. The predicted molar refractivity (Wildman–Crippen MR) is 87.2 cm³/mol. The minimum atomic E-state index is -0.314. The maximum absolute atomic E-state index is 12.2. The number of carbonyl (C=O) groups excluding carboxylic acids is 2. The molecule has 1 aromatic carbocycles. The Bertz CT molecular complexity index is 562. The van der Waals surface area contributed by atoms with Gasteiger partial charge < -0.3 is 14.5 Å². The van der Waals surface area contributed by atoms with E-state index in [4.69, 9.17) is 16.3 Å². The van der Waals surface area contributed by atoms with E-state index >= 15 is 0 Å². The van der Waals surface area contributed by atoms with Crippen molar-refractivity contribution in [3.8, 4) is 0 Å². The molecule has 124 valence electrons. The third-order valence-corrected chi connectivity index (χ3v) is 4.59. The average molecular weight is 337 g/mol. The van der Waals surface area contributed by atoms with E-state index in [1.807, 2.05) is 35.2 Å². The normalized spacial score (nSPS) is 20.4. The molecule has 1 aliphatic heterocycles. The first-order chi connectivity index (χ1) is 11.2. The smallest absolute Gasteiger partial charge is 0.410 e. The zero-order valence-corrected chi connectivity index (χ0v) is 13.7. The Labute approximate surface area is 141 Å². The summed E-state index contributed by atoms with van der Waals surface area (Å²) in [5, 5.41) is 0. The van der Waals surface area contributed by atoms with E-state index in [0.717, 1.165) is 24.8 Å². The number of amides is 2. The van der Waals surface area contributed by atoms with Crippen LogP contribution in [0.3, 0.4) is 0 Å². The van der Waals surface area contributed by atoms with E-state index in [1.54, 1.807) is 4.90 Å². The molecule has 3 rings (SSSR count). The summed E-state index contributed by atoms with van der Waals surface area (Å²) in [5.41, 5.74) is 0.966. The molecule has 2 fully saturated rings. The van der Waals surface area contributed by atoms with Crippen LogP contribution in [0, 0.1) is 0 Å². The molecular weight excluding hydrogens is 316 g/mol. The van der Waals surface area contributed by atoms with Crippen molar-refractivity contribution in [2.24, 2.45) is 0 Å². The van der Waals surface area contributed by atoms with E-state index in [1.165, 1.54) is 0 Å². The van der Waals surface area contributed by atoms with Crippen molar-refractivity contribution in [1.82, 2.24) is 9.80 Å². The molecule has 1 aromatic rings. The van der Waals surface area contributed by atoms with Gasteiger partial charge in [0.05, 0.1) is 6.04 Å². The van der Waals surface area contributed by atoms with E-state index in [0.29, 0.717) is 19.1 Å². The number of rotatable bonds is 5. The Hall–Kier alpha value is -1.75. The second-order valence-electron chi connectivity index (χ2n) is 6.09. The number of benzene rings is 1. The fourth-order valence-electron chi connectivity index (χ4n) is 3.07. The van der Waals surface area contributed by atoms with Crippen molar-refractivity contribution in [2.45, 2.75) is 38.0 Å². The Morgan fingerprint density at radius 2 is 1.91 bits per heavy atom. The van der Waals surface area contributed by atoms with Crippen LogP contribution < -0.4 is 0 Å². The average Bonchev–Trinajstić information content (AvgIpc) is 3.29. The second kappa shape index (κ2) is 7.21. The lowest BCUT2D eigenvalue weighted by Gasteiger charge is -2.28. The highest BCUT2D eigenvalue weighted by Gasteiger charge is 2.40. The van der Waals surface area contributed by atoms with Crippen LogP contribution in [0.2, 0.25) is 0 Å². The third-order valence-electron chi connectivity index (χ3n) is 4.36. The Balaban J connectivity index is 1.52. The zero-order chi connectivity index (χ0) is 16.2. The van der Waals surface area contributed by atoms with Crippen molar-refractivity contribution >= 4 is 23.6 Å². The summed E-state index contributed by atoms with van der Waals surface area (Å²) in [6.45, 7) is 1.43. The summed E-state index contributed by atoms with van der Waals surface area (Å²) in [7, 11) is 0. The summed E-state index contributed by atoms with van der Waals surface area (Å²) in [6.07, 6.45) is 2.56. The molecule has 0 radical (unpaired) electrons. The number of likely N-dealkylation sites (tertiary alicyclic amines) is 1. The molecule has 23 heavy (non-hydrogen) atoms. The molecular formula is C17H21ClN2O3. The molecule has 0 bridgehead atoms. The molecule has 6 heteroatoms. The lowest BCUT2D eigenvalue weighted by molar-refractivity contribution is -0.131. The van der Waals surface area contributed by atoms with Crippen molar-refractivity contribution in [2.75, 3.05) is 19.0 Å². The standard InChI is InChI=1S/C17H21ClN2O3/c18-10-16(21)20(14-6-7-14)15-8-9-19(11-15)17(22)23-12-13-4-2-1-3-5-13/h1-5,14-15H,6-12H2/t15-/m0/s1. The predicted octanol–water partition coefficient (Wildman–Crippen LogP) is 2.63. The van der Waals surface area contributed by atoms with Crippen molar-refractivity contribution in [3.63, 3.8) is 0 Å². The fraction of sp³-hybridized carbons (Fsp3) is 0.529. The number of carbonyl (C=O) groups is 2. The summed E-state index contributed by atoms with van der Waals surface area (Å²) < 4.78 is 5.36. The Morgan fingerprint density at radius 1 is 1.17 bits per heavy atom. The maximum Gasteiger partial charge on any atom is 0.410 e. The summed E-state index contributed by atoms with van der Waals surface area (Å²) in [6, 6.07) is 9.99. The number of hydrogen-bond donors (Lipinski definition) is 0. The van der Waals surface area contributed by atoms with Crippen molar-refractivity contribution < 1.29 is 14.3 Å². The number of alkyl halides is 1. The van der Waals surface area contributed by atoms with Gasteiger partial charge in [0.1, 0.15) is 12.5 Å². The van der Waals surface area contributed by atoms with Gasteiger partial charge in [-0.25, -0.2) is 4.79 Å². The lowest BCUT2D eigenvalue weighted by atomic mass is 10.2. The quantitative estimate of drug-likeness (QED) is 0.777. The van der Waals surface area contributed by atoms with Crippen LogP contribution in [0.1, 0.15) is 24.8 Å². The molecule has 0 aromatic heterocycles. The van der Waals surface area contributed by atoms with E-state index in [9.17, 15) is 9.59 Å². The Morgan fingerprint density at radius 3 is 2.57 bits per heavy atom. The first-order valence-corrected chi connectivity index (χ1v) is 8.55.